The Hall–Kier alpha value is -2.60. The first kappa shape index (κ1) is 17.7. The van der Waals surface area contributed by atoms with Crippen LogP contribution in [0, 0.1) is 0 Å². The molecule has 2 rings (SSSR count). The number of hydrogen-bond donors (Lipinski definition) is 2. The number of furan rings is 1. The quantitative estimate of drug-likeness (QED) is 0.817. The van der Waals surface area contributed by atoms with Gasteiger partial charge < -0.3 is 15.1 Å². The summed E-state index contributed by atoms with van der Waals surface area (Å²) in [4.78, 5) is 25.1. The molecule has 0 spiro atoms. The fraction of sp³-hybridized carbons (Fsp3) is 0.333. The van der Waals surface area contributed by atoms with Gasteiger partial charge in [0.05, 0.1) is 18.7 Å². The Morgan fingerprint density at radius 1 is 1.17 bits per heavy atom. The summed E-state index contributed by atoms with van der Waals surface area (Å²) in [5, 5.41) is 5.64. The van der Waals surface area contributed by atoms with Gasteiger partial charge in [0.25, 0.3) is 0 Å². The molecule has 0 saturated carbocycles. The van der Waals surface area contributed by atoms with Gasteiger partial charge in [-0.25, -0.2) is 0 Å². The summed E-state index contributed by atoms with van der Waals surface area (Å²) >= 11 is 0. The Balaban J connectivity index is 1.87. The van der Waals surface area contributed by atoms with Gasteiger partial charge in [0.15, 0.2) is 0 Å². The third-order valence-electron chi connectivity index (χ3n) is 3.63. The number of hydrogen-bond acceptors (Lipinski definition) is 4. The monoisotopic (exact) mass is 329 g/mol. The Kier molecular flexibility index (Phi) is 6.14. The van der Waals surface area contributed by atoms with Gasteiger partial charge in [-0.3, -0.25) is 14.5 Å². The second-order valence-corrected chi connectivity index (χ2v) is 5.85. The van der Waals surface area contributed by atoms with Crippen molar-refractivity contribution in [1.29, 1.82) is 0 Å². The number of carbonyl (C=O) groups excluding carboxylic acids is 2. The maximum Gasteiger partial charge on any atom is 0.224 e. The SMILES string of the molecule is CC(=O)Nc1ccc(CC(=O)NCC(c2ccco2)N(C)C)cc1. The number of likely N-dealkylation sites (N-methyl/N-ethyl adjacent to an activating group) is 1. The molecule has 6 heteroatoms. The number of anilines is 1. The minimum Gasteiger partial charge on any atom is -0.468 e. The van der Waals surface area contributed by atoms with Crippen LogP contribution in [0.1, 0.15) is 24.3 Å². The molecule has 0 aliphatic carbocycles. The molecule has 2 aromatic rings. The van der Waals surface area contributed by atoms with Crippen molar-refractivity contribution >= 4 is 17.5 Å². The van der Waals surface area contributed by atoms with E-state index in [4.69, 9.17) is 4.42 Å². The third kappa shape index (κ3) is 5.24. The van der Waals surface area contributed by atoms with E-state index in [0.29, 0.717) is 13.0 Å². The zero-order valence-electron chi connectivity index (χ0n) is 14.2. The predicted molar refractivity (Wildman–Crippen MR) is 92.6 cm³/mol. The van der Waals surface area contributed by atoms with Crippen molar-refractivity contribution in [1.82, 2.24) is 10.2 Å². The maximum absolute atomic E-state index is 12.1. The van der Waals surface area contributed by atoms with E-state index in [2.05, 4.69) is 10.6 Å². The average molecular weight is 329 g/mol. The number of nitrogens with one attached hydrogen (secondary N) is 2. The van der Waals surface area contributed by atoms with Gasteiger partial charge in [-0.15, -0.1) is 0 Å². The lowest BCUT2D eigenvalue weighted by Crippen LogP contribution is -2.35. The predicted octanol–water partition coefficient (Wildman–Crippen LogP) is 2.20. The minimum absolute atomic E-state index is 0.00825. The van der Waals surface area contributed by atoms with Crippen molar-refractivity contribution in [2.24, 2.45) is 0 Å². The molecule has 24 heavy (non-hydrogen) atoms. The highest BCUT2D eigenvalue weighted by Crippen LogP contribution is 2.17. The fourth-order valence-corrected chi connectivity index (χ4v) is 2.39. The second-order valence-electron chi connectivity index (χ2n) is 5.85. The standard InChI is InChI=1S/C18H23N3O3/c1-13(22)20-15-8-6-14(7-9-15)11-18(23)19-12-16(21(2)3)17-5-4-10-24-17/h4-10,16H,11-12H2,1-3H3,(H,19,23)(H,20,22). The maximum atomic E-state index is 12.1. The molecule has 2 amide bonds. The third-order valence-corrected chi connectivity index (χ3v) is 3.63. The van der Waals surface area contributed by atoms with Gasteiger partial charge >= 0.3 is 0 Å². The van der Waals surface area contributed by atoms with Crippen molar-refractivity contribution in [3.05, 3.63) is 54.0 Å². The zero-order valence-corrected chi connectivity index (χ0v) is 14.2. The van der Waals surface area contributed by atoms with E-state index in [0.717, 1.165) is 17.0 Å². The van der Waals surface area contributed by atoms with E-state index in [1.807, 2.05) is 43.3 Å². The lowest BCUT2D eigenvalue weighted by molar-refractivity contribution is -0.120. The molecule has 0 fully saturated rings. The number of nitrogens with zero attached hydrogens (tertiary/aromatic N) is 1. The van der Waals surface area contributed by atoms with Crippen molar-refractivity contribution in [2.45, 2.75) is 19.4 Å². The van der Waals surface area contributed by atoms with Gasteiger partial charge in [0.1, 0.15) is 5.76 Å². The molecule has 128 valence electrons. The number of carbonyl (C=O) groups is 2. The fourth-order valence-electron chi connectivity index (χ4n) is 2.39. The number of amides is 2. The molecule has 6 nitrogen and oxygen atoms in total. The van der Waals surface area contributed by atoms with Crippen molar-refractivity contribution < 1.29 is 14.0 Å². The summed E-state index contributed by atoms with van der Waals surface area (Å²) in [7, 11) is 3.89. The lowest BCUT2D eigenvalue weighted by atomic mass is 10.1. The smallest absolute Gasteiger partial charge is 0.224 e. The van der Waals surface area contributed by atoms with Crippen LogP contribution in [0.15, 0.2) is 47.1 Å². The van der Waals surface area contributed by atoms with Crippen LogP contribution in [-0.2, 0) is 16.0 Å². The Morgan fingerprint density at radius 3 is 2.42 bits per heavy atom. The Morgan fingerprint density at radius 2 is 1.88 bits per heavy atom. The number of benzene rings is 1. The molecule has 0 saturated heterocycles. The molecule has 0 aliphatic heterocycles. The molecule has 1 heterocycles. The van der Waals surface area contributed by atoms with Gasteiger partial charge in [-0.05, 0) is 43.9 Å². The van der Waals surface area contributed by atoms with E-state index >= 15 is 0 Å². The first-order chi connectivity index (χ1) is 11.5. The van der Waals surface area contributed by atoms with E-state index in [1.54, 1.807) is 18.4 Å². The van der Waals surface area contributed by atoms with E-state index in [1.165, 1.54) is 6.92 Å². The number of rotatable bonds is 7. The molecular weight excluding hydrogens is 306 g/mol. The molecule has 0 radical (unpaired) electrons. The van der Waals surface area contributed by atoms with E-state index in [9.17, 15) is 9.59 Å². The summed E-state index contributed by atoms with van der Waals surface area (Å²) < 4.78 is 5.42. The highest BCUT2D eigenvalue weighted by Gasteiger charge is 2.17. The van der Waals surface area contributed by atoms with Crippen LogP contribution in [0.25, 0.3) is 0 Å². The molecule has 1 aromatic heterocycles. The van der Waals surface area contributed by atoms with Crippen LogP contribution < -0.4 is 10.6 Å². The van der Waals surface area contributed by atoms with Crippen LogP contribution in [0.2, 0.25) is 0 Å². The largest absolute Gasteiger partial charge is 0.468 e. The molecule has 1 aromatic carbocycles. The van der Waals surface area contributed by atoms with Gasteiger partial charge in [0, 0.05) is 19.2 Å². The molecule has 0 aliphatic rings. The van der Waals surface area contributed by atoms with Crippen LogP contribution in [-0.4, -0.2) is 37.4 Å². The first-order valence-corrected chi connectivity index (χ1v) is 7.78. The van der Waals surface area contributed by atoms with Crippen molar-refractivity contribution in [3.8, 4) is 0 Å². The van der Waals surface area contributed by atoms with E-state index < -0.39 is 0 Å². The highest BCUT2D eigenvalue weighted by atomic mass is 16.3. The van der Waals surface area contributed by atoms with E-state index in [-0.39, 0.29) is 17.9 Å². The molecular formula is C18H23N3O3. The Labute approximate surface area is 141 Å². The topological polar surface area (TPSA) is 74.6 Å². The first-order valence-electron chi connectivity index (χ1n) is 7.78. The molecule has 0 bridgehead atoms. The van der Waals surface area contributed by atoms with Crippen LogP contribution in [0.3, 0.4) is 0 Å². The second kappa shape index (κ2) is 8.31. The Bertz CT molecular complexity index is 663. The van der Waals surface area contributed by atoms with Gasteiger partial charge in [-0.1, -0.05) is 12.1 Å². The molecule has 2 N–H and O–H groups in total. The van der Waals surface area contributed by atoms with Gasteiger partial charge in [0.2, 0.25) is 11.8 Å². The van der Waals surface area contributed by atoms with Gasteiger partial charge in [-0.2, -0.15) is 0 Å². The summed E-state index contributed by atoms with van der Waals surface area (Å²) in [6.45, 7) is 1.94. The summed E-state index contributed by atoms with van der Waals surface area (Å²) in [5.41, 5.74) is 1.61. The van der Waals surface area contributed by atoms with Crippen LogP contribution >= 0.6 is 0 Å². The summed E-state index contributed by atoms with van der Waals surface area (Å²) in [6.07, 6.45) is 1.92. The minimum atomic E-state index is -0.117. The normalized spacial score (nSPS) is 12.0. The molecule has 1 unspecified atom stereocenters. The zero-order chi connectivity index (χ0) is 17.5. The van der Waals surface area contributed by atoms with Crippen LogP contribution in [0.4, 0.5) is 5.69 Å². The molecule has 1 atom stereocenters. The van der Waals surface area contributed by atoms with Crippen molar-refractivity contribution in [2.75, 3.05) is 26.0 Å². The summed E-state index contributed by atoms with van der Waals surface area (Å²) in [6, 6.07) is 11.0. The summed E-state index contributed by atoms with van der Waals surface area (Å²) in [5.74, 6) is 0.647. The average Bonchev–Trinajstić information content (AvgIpc) is 3.02. The highest BCUT2D eigenvalue weighted by molar-refractivity contribution is 5.88. The van der Waals surface area contributed by atoms with Crippen molar-refractivity contribution in [3.63, 3.8) is 0 Å². The lowest BCUT2D eigenvalue weighted by Gasteiger charge is -2.22. The van der Waals surface area contributed by atoms with Crippen LogP contribution in [0.5, 0.6) is 0 Å².